The first-order chi connectivity index (χ1) is 6.93. The molecule has 1 unspecified atom stereocenters. The Bertz CT molecular complexity index is 355. The second kappa shape index (κ2) is 4.51. The van der Waals surface area contributed by atoms with Gasteiger partial charge in [-0.1, -0.05) is 6.07 Å². The van der Waals surface area contributed by atoms with Crippen LogP contribution in [0.3, 0.4) is 0 Å². The molecule has 5 heteroatoms. The molecule has 2 heterocycles. The molecular weight excluding hydrogens is 234 g/mol. The van der Waals surface area contributed by atoms with Crippen LogP contribution < -0.4 is 14.8 Å². The topological polar surface area (TPSA) is 30.5 Å². The van der Waals surface area contributed by atoms with Crippen LogP contribution in [-0.2, 0) is 0 Å². The van der Waals surface area contributed by atoms with E-state index in [0.717, 1.165) is 18.0 Å². The summed E-state index contributed by atoms with van der Waals surface area (Å²) in [5.41, 5.74) is 1.27. The largest absolute Gasteiger partial charge is 0.454 e. The number of benzene rings is 1. The van der Waals surface area contributed by atoms with Crippen LogP contribution in [0.15, 0.2) is 18.2 Å². The van der Waals surface area contributed by atoms with E-state index in [1.54, 1.807) is 0 Å². The summed E-state index contributed by atoms with van der Waals surface area (Å²) >= 11 is 1.93. The maximum absolute atomic E-state index is 5.34. The van der Waals surface area contributed by atoms with Crippen molar-refractivity contribution >= 4 is 24.2 Å². The maximum atomic E-state index is 5.34. The molecule has 15 heavy (non-hydrogen) atoms. The summed E-state index contributed by atoms with van der Waals surface area (Å²) in [6.45, 7) is 1.44. The summed E-state index contributed by atoms with van der Waals surface area (Å²) in [4.78, 5) is 0. The second-order valence-electron chi connectivity index (χ2n) is 3.32. The number of rotatable bonds is 1. The number of halogens is 1. The lowest BCUT2D eigenvalue weighted by atomic mass is 10.2. The van der Waals surface area contributed by atoms with E-state index in [4.69, 9.17) is 9.47 Å². The zero-order chi connectivity index (χ0) is 9.38. The van der Waals surface area contributed by atoms with Gasteiger partial charge in [0.05, 0.1) is 5.37 Å². The highest BCUT2D eigenvalue weighted by Crippen LogP contribution is 2.37. The number of ether oxygens (including phenoxy) is 2. The van der Waals surface area contributed by atoms with Crippen molar-refractivity contribution in [3.05, 3.63) is 23.8 Å². The molecule has 0 saturated carbocycles. The predicted molar refractivity (Wildman–Crippen MR) is 63.0 cm³/mol. The summed E-state index contributed by atoms with van der Waals surface area (Å²) in [5, 5.41) is 3.85. The number of hydrogen-bond acceptors (Lipinski definition) is 4. The quantitative estimate of drug-likeness (QED) is 0.822. The molecule has 1 saturated heterocycles. The van der Waals surface area contributed by atoms with Gasteiger partial charge in [0.1, 0.15) is 0 Å². The lowest BCUT2D eigenvalue weighted by Gasteiger charge is -2.09. The van der Waals surface area contributed by atoms with Crippen molar-refractivity contribution in [3.63, 3.8) is 0 Å². The summed E-state index contributed by atoms with van der Waals surface area (Å²) in [6, 6.07) is 6.15. The van der Waals surface area contributed by atoms with Crippen LogP contribution in [0.1, 0.15) is 10.9 Å². The fourth-order valence-corrected chi connectivity index (χ4v) is 2.76. The van der Waals surface area contributed by atoms with Crippen LogP contribution >= 0.6 is 24.2 Å². The summed E-state index contributed by atoms with van der Waals surface area (Å²) < 4.78 is 10.6. The zero-order valence-electron chi connectivity index (χ0n) is 8.06. The Hall–Kier alpha value is -0.580. The predicted octanol–water partition coefficient (Wildman–Crippen LogP) is 2.17. The van der Waals surface area contributed by atoms with Crippen LogP contribution in [0.2, 0.25) is 0 Å². The van der Waals surface area contributed by atoms with Crippen molar-refractivity contribution in [2.75, 3.05) is 19.1 Å². The molecule has 0 spiro atoms. The van der Waals surface area contributed by atoms with Gasteiger partial charge in [-0.15, -0.1) is 24.2 Å². The third kappa shape index (κ3) is 2.02. The first-order valence-electron chi connectivity index (χ1n) is 4.68. The van der Waals surface area contributed by atoms with E-state index in [1.165, 1.54) is 11.3 Å². The smallest absolute Gasteiger partial charge is 0.231 e. The van der Waals surface area contributed by atoms with Gasteiger partial charge >= 0.3 is 0 Å². The van der Waals surface area contributed by atoms with Crippen molar-refractivity contribution in [1.29, 1.82) is 0 Å². The monoisotopic (exact) mass is 245 g/mol. The Morgan fingerprint density at radius 2 is 2.13 bits per heavy atom. The Morgan fingerprint density at radius 1 is 1.27 bits per heavy atom. The minimum Gasteiger partial charge on any atom is -0.454 e. The van der Waals surface area contributed by atoms with E-state index in [-0.39, 0.29) is 12.4 Å². The Morgan fingerprint density at radius 3 is 2.93 bits per heavy atom. The highest BCUT2D eigenvalue weighted by molar-refractivity contribution is 7.99. The molecule has 3 nitrogen and oxygen atoms in total. The first kappa shape index (κ1) is 10.9. The van der Waals surface area contributed by atoms with Crippen molar-refractivity contribution in [2.45, 2.75) is 5.37 Å². The minimum atomic E-state index is 0. The number of thioether (sulfide) groups is 1. The van der Waals surface area contributed by atoms with Gasteiger partial charge in [-0.3, -0.25) is 0 Å². The normalized spacial score (nSPS) is 22.5. The van der Waals surface area contributed by atoms with Gasteiger partial charge in [-0.05, 0) is 17.7 Å². The van der Waals surface area contributed by atoms with Gasteiger partial charge < -0.3 is 14.8 Å². The molecule has 0 bridgehead atoms. The van der Waals surface area contributed by atoms with Gasteiger partial charge in [-0.2, -0.15) is 0 Å². The van der Waals surface area contributed by atoms with Crippen LogP contribution in [0.5, 0.6) is 11.5 Å². The van der Waals surface area contributed by atoms with Gasteiger partial charge in [0.2, 0.25) is 6.79 Å². The van der Waals surface area contributed by atoms with Gasteiger partial charge in [0.25, 0.3) is 0 Å². The molecule has 0 amide bonds. The summed E-state index contributed by atoms with van der Waals surface area (Å²) in [6.07, 6.45) is 0. The second-order valence-corrected chi connectivity index (χ2v) is 4.53. The van der Waals surface area contributed by atoms with E-state index in [0.29, 0.717) is 12.2 Å². The van der Waals surface area contributed by atoms with E-state index in [1.807, 2.05) is 17.8 Å². The Kier molecular flexibility index (Phi) is 3.29. The SMILES string of the molecule is Cl.c1cc2c(cc1C1NCCS1)OCO2. The fraction of sp³-hybridized carbons (Fsp3) is 0.400. The van der Waals surface area contributed by atoms with E-state index in [9.17, 15) is 0 Å². The highest BCUT2D eigenvalue weighted by atomic mass is 35.5. The Labute approximate surface area is 98.9 Å². The lowest BCUT2D eigenvalue weighted by molar-refractivity contribution is 0.174. The third-order valence-electron chi connectivity index (χ3n) is 2.42. The first-order valence-corrected chi connectivity index (χ1v) is 5.73. The molecule has 1 aromatic carbocycles. The fourth-order valence-electron chi connectivity index (χ4n) is 1.72. The highest BCUT2D eigenvalue weighted by Gasteiger charge is 2.20. The molecule has 2 aliphatic heterocycles. The van der Waals surface area contributed by atoms with Crippen LogP contribution in [0.4, 0.5) is 0 Å². The molecule has 1 atom stereocenters. The Balaban J connectivity index is 0.000000853. The molecule has 82 valence electrons. The molecule has 1 N–H and O–H groups in total. The van der Waals surface area contributed by atoms with Crippen LogP contribution in [-0.4, -0.2) is 19.1 Å². The van der Waals surface area contributed by atoms with Crippen molar-refractivity contribution in [3.8, 4) is 11.5 Å². The molecule has 1 fully saturated rings. The van der Waals surface area contributed by atoms with E-state index in [2.05, 4.69) is 17.4 Å². The minimum absolute atomic E-state index is 0. The van der Waals surface area contributed by atoms with Crippen molar-refractivity contribution in [2.24, 2.45) is 0 Å². The molecule has 1 aromatic rings. The third-order valence-corrected chi connectivity index (χ3v) is 3.63. The molecule has 0 radical (unpaired) electrons. The molecule has 2 aliphatic rings. The van der Waals surface area contributed by atoms with Crippen molar-refractivity contribution in [1.82, 2.24) is 5.32 Å². The molecule has 0 aliphatic carbocycles. The molecule has 3 rings (SSSR count). The standard InChI is InChI=1S/C10H11NO2S.ClH/c1-2-8-9(13-6-12-8)5-7(1)10-11-3-4-14-10;/h1-2,5,10-11H,3-4,6H2;1H. The number of fused-ring (bicyclic) bond motifs is 1. The average molecular weight is 246 g/mol. The maximum Gasteiger partial charge on any atom is 0.231 e. The van der Waals surface area contributed by atoms with Crippen LogP contribution in [0, 0.1) is 0 Å². The number of hydrogen-bond donors (Lipinski definition) is 1. The lowest BCUT2D eigenvalue weighted by Crippen LogP contribution is -2.11. The zero-order valence-corrected chi connectivity index (χ0v) is 9.70. The summed E-state index contributed by atoms with van der Waals surface area (Å²) in [7, 11) is 0. The van der Waals surface area contributed by atoms with Gasteiger partial charge in [-0.25, -0.2) is 0 Å². The molecular formula is C10H12ClNO2S. The number of nitrogens with one attached hydrogen (secondary N) is 1. The van der Waals surface area contributed by atoms with Crippen LogP contribution in [0.25, 0.3) is 0 Å². The molecule has 0 aromatic heterocycles. The van der Waals surface area contributed by atoms with Gasteiger partial charge in [0, 0.05) is 12.3 Å². The summed E-state index contributed by atoms with van der Waals surface area (Å²) in [5.74, 6) is 2.91. The van der Waals surface area contributed by atoms with Crippen molar-refractivity contribution < 1.29 is 9.47 Å². The van der Waals surface area contributed by atoms with E-state index < -0.39 is 0 Å². The van der Waals surface area contributed by atoms with E-state index >= 15 is 0 Å². The average Bonchev–Trinajstić information content (AvgIpc) is 2.88. The van der Waals surface area contributed by atoms with Gasteiger partial charge in [0.15, 0.2) is 11.5 Å².